The number of nitrogen functional groups attached to an aromatic ring is 1. The highest BCUT2D eigenvalue weighted by molar-refractivity contribution is 6.04. The number of nitrogens with two attached hydrogens (primary N) is 1. The molecular weight excluding hydrogens is 564 g/mol. The van der Waals surface area contributed by atoms with Gasteiger partial charge in [0.2, 0.25) is 5.91 Å². The van der Waals surface area contributed by atoms with Gasteiger partial charge >= 0.3 is 0 Å². The number of aromatic nitrogens is 2. The number of nitrogens with one attached hydrogen (secondary N) is 1. The summed E-state index contributed by atoms with van der Waals surface area (Å²) < 4.78 is 28.7. The second-order valence-electron chi connectivity index (χ2n) is 10.1. The van der Waals surface area contributed by atoms with Gasteiger partial charge in [0, 0.05) is 11.1 Å². The summed E-state index contributed by atoms with van der Waals surface area (Å²) >= 11 is 0. The van der Waals surface area contributed by atoms with Crippen molar-refractivity contribution in [2.24, 2.45) is 0 Å². The van der Waals surface area contributed by atoms with Crippen molar-refractivity contribution in [2.75, 3.05) is 44.1 Å². The van der Waals surface area contributed by atoms with E-state index < -0.39 is 0 Å². The Morgan fingerprint density at radius 1 is 0.886 bits per heavy atom. The number of hydrogen-bond donors (Lipinski definition) is 2. The van der Waals surface area contributed by atoms with Crippen molar-refractivity contribution in [1.82, 2.24) is 9.78 Å². The van der Waals surface area contributed by atoms with E-state index in [0.29, 0.717) is 66.0 Å². The van der Waals surface area contributed by atoms with Crippen molar-refractivity contribution < 1.29 is 33.3 Å². The van der Waals surface area contributed by atoms with Crippen molar-refractivity contribution in [3.8, 4) is 23.0 Å². The minimum Gasteiger partial charge on any atom is -0.499 e. The van der Waals surface area contributed by atoms with Gasteiger partial charge in [0.25, 0.3) is 5.91 Å². The first-order valence-corrected chi connectivity index (χ1v) is 14.5. The Bertz CT molecular complexity index is 1700. The maximum Gasteiger partial charge on any atom is 0.251 e. The van der Waals surface area contributed by atoms with Crippen LogP contribution in [0.25, 0.3) is 10.9 Å². The molecule has 0 radical (unpaired) electrons. The first-order valence-electron chi connectivity index (χ1n) is 14.5. The van der Waals surface area contributed by atoms with E-state index in [-0.39, 0.29) is 30.5 Å². The molecule has 44 heavy (non-hydrogen) atoms. The zero-order valence-corrected chi connectivity index (χ0v) is 25.1. The molecule has 0 unspecified atom stereocenters. The monoisotopic (exact) mass is 600 g/mol. The summed E-state index contributed by atoms with van der Waals surface area (Å²) in [5.41, 5.74) is 8.51. The van der Waals surface area contributed by atoms with Gasteiger partial charge in [-0.2, -0.15) is 4.68 Å². The number of anilines is 2. The summed E-state index contributed by atoms with van der Waals surface area (Å²) in [5.74, 6) is 3.27. The van der Waals surface area contributed by atoms with E-state index in [9.17, 15) is 9.59 Å². The molecular formula is C33H36N4O7. The standard InChI is InChI=1S/C27H24N4O6.C6H12O/c28-18-3-4-19-20(15-18)31(26(33)14-17-2-6-22-24(12-17)37-10-8-35-22)30-27(19)29-25(32)13-16-1-5-21-23(11-16)36-9-7-34-21;1-4-6(3)7-5-2/h1-6,11-12,15H,7-10,13-14,28H2,(H,29,30,32);4H,5H2,1-3H3/b;6-4+. The zero-order valence-electron chi connectivity index (χ0n) is 25.1. The molecule has 0 aliphatic carbocycles. The number of rotatable bonds is 7. The van der Waals surface area contributed by atoms with Crippen molar-refractivity contribution in [3.63, 3.8) is 0 Å². The van der Waals surface area contributed by atoms with Crippen LogP contribution < -0.4 is 30.0 Å². The van der Waals surface area contributed by atoms with E-state index in [1.807, 2.05) is 39.0 Å². The van der Waals surface area contributed by atoms with Crippen LogP contribution in [0.1, 0.15) is 36.7 Å². The molecule has 0 saturated heterocycles. The van der Waals surface area contributed by atoms with Crippen LogP contribution in [-0.2, 0) is 22.4 Å². The Kier molecular flexibility index (Phi) is 9.53. The van der Waals surface area contributed by atoms with Gasteiger partial charge in [0.05, 0.1) is 30.7 Å². The fraction of sp³-hybridized carbons (Fsp3) is 0.303. The Morgan fingerprint density at radius 3 is 2.05 bits per heavy atom. The summed E-state index contributed by atoms with van der Waals surface area (Å²) in [4.78, 5) is 26.2. The summed E-state index contributed by atoms with van der Waals surface area (Å²) in [6, 6.07) is 15.9. The number of hydrogen-bond acceptors (Lipinski definition) is 9. The third kappa shape index (κ3) is 7.23. The molecule has 2 aliphatic heterocycles. The van der Waals surface area contributed by atoms with Gasteiger partial charge in [-0.05, 0) is 74.4 Å². The number of carbonyl (C=O) groups excluding carboxylic acids is 2. The highest BCUT2D eigenvalue weighted by Gasteiger charge is 2.20. The molecule has 4 aromatic rings. The summed E-state index contributed by atoms with van der Waals surface area (Å²) in [6.07, 6.45) is 2.13. The van der Waals surface area contributed by atoms with Crippen molar-refractivity contribution in [3.05, 3.63) is 77.6 Å². The van der Waals surface area contributed by atoms with Crippen LogP contribution in [0.3, 0.4) is 0 Å². The average Bonchev–Trinajstić information content (AvgIpc) is 3.38. The molecule has 3 heterocycles. The fourth-order valence-corrected chi connectivity index (χ4v) is 4.73. The van der Waals surface area contributed by atoms with E-state index in [1.165, 1.54) is 4.68 Å². The van der Waals surface area contributed by atoms with Gasteiger partial charge in [-0.1, -0.05) is 18.2 Å². The smallest absolute Gasteiger partial charge is 0.251 e. The Hall–Kier alpha value is -5.19. The van der Waals surface area contributed by atoms with Gasteiger partial charge in [0.1, 0.15) is 26.4 Å². The molecule has 0 atom stereocenters. The maximum absolute atomic E-state index is 13.3. The number of fused-ring (bicyclic) bond motifs is 3. The van der Waals surface area contributed by atoms with Crippen molar-refractivity contribution in [2.45, 2.75) is 33.6 Å². The summed E-state index contributed by atoms with van der Waals surface area (Å²) in [5, 5.41) is 7.90. The molecule has 11 heteroatoms. The lowest BCUT2D eigenvalue weighted by Gasteiger charge is -2.18. The number of amides is 1. The molecule has 0 spiro atoms. The second-order valence-corrected chi connectivity index (χ2v) is 10.1. The molecule has 0 saturated carbocycles. The SMILES string of the molecule is C/C=C(\C)OCC.Nc1ccc2c(NC(=O)Cc3ccc4c(c3)OCCO4)nn(C(=O)Cc3ccc4c(c3)OCCO4)c2c1. The van der Waals surface area contributed by atoms with Crippen LogP contribution in [0.4, 0.5) is 11.5 Å². The Balaban J connectivity index is 0.000000493. The quantitative estimate of drug-likeness (QED) is 0.217. The fourth-order valence-electron chi connectivity index (χ4n) is 4.73. The van der Waals surface area contributed by atoms with Gasteiger partial charge < -0.3 is 34.7 Å². The number of ether oxygens (including phenoxy) is 5. The van der Waals surface area contributed by atoms with E-state index in [4.69, 9.17) is 29.4 Å². The third-order valence-corrected chi connectivity index (χ3v) is 6.91. The third-order valence-electron chi connectivity index (χ3n) is 6.91. The average molecular weight is 601 g/mol. The molecule has 3 aromatic carbocycles. The lowest BCUT2D eigenvalue weighted by molar-refractivity contribution is -0.115. The first kappa shape index (κ1) is 30.3. The minimum absolute atomic E-state index is 0.0762. The number of benzene rings is 3. The van der Waals surface area contributed by atoms with Crippen LogP contribution in [-0.4, -0.2) is 54.6 Å². The molecule has 3 N–H and O–H groups in total. The Labute approximate surface area is 255 Å². The summed E-state index contributed by atoms with van der Waals surface area (Å²) in [7, 11) is 0. The van der Waals surface area contributed by atoms with Gasteiger partial charge in [-0.25, -0.2) is 0 Å². The number of allylic oxidation sites excluding steroid dienone is 2. The highest BCUT2D eigenvalue weighted by atomic mass is 16.6. The van der Waals surface area contributed by atoms with Gasteiger partial charge in [0.15, 0.2) is 28.8 Å². The van der Waals surface area contributed by atoms with E-state index in [2.05, 4.69) is 10.4 Å². The lowest BCUT2D eigenvalue weighted by atomic mass is 10.1. The number of nitrogens with zero attached hydrogens (tertiary/aromatic N) is 2. The lowest BCUT2D eigenvalue weighted by Crippen LogP contribution is -2.19. The van der Waals surface area contributed by atoms with Crippen LogP contribution in [0.15, 0.2) is 66.4 Å². The topological polar surface area (TPSA) is 136 Å². The minimum atomic E-state index is -0.278. The largest absolute Gasteiger partial charge is 0.499 e. The van der Waals surface area contributed by atoms with E-state index in [0.717, 1.165) is 23.5 Å². The molecule has 6 rings (SSSR count). The van der Waals surface area contributed by atoms with Crippen LogP contribution >= 0.6 is 0 Å². The highest BCUT2D eigenvalue weighted by Crippen LogP contribution is 2.33. The normalized spacial score (nSPS) is 13.5. The molecule has 0 fully saturated rings. The molecule has 1 amide bonds. The molecule has 230 valence electrons. The van der Waals surface area contributed by atoms with Crippen LogP contribution in [0.2, 0.25) is 0 Å². The predicted octanol–water partition coefficient (Wildman–Crippen LogP) is 5.17. The maximum atomic E-state index is 13.3. The van der Waals surface area contributed by atoms with E-state index in [1.54, 1.807) is 42.5 Å². The first-order chi connectivity index (χ1) is 21.3. The van der Waals surface area contributed by atoms with Crippen molar-refractivity contribution >= 4 is 34.2 Å². The van der Waals surface area contributed by atoms with Crippen molar-refractivity contribution in [1.29, 1.82) is 0 Å². The zero-order chi connectivity index (χ0) is 31.1. The molecule has 11 nitrogen and oxygen atoms in total. The second kappa shape index (κ2) is 13.9. The van der Waals surface area contributed by atoms with E-state index >= 15 is 0 Å². The van der Waals surface area contributed by atoms with Gasteiger partial charge in [-0.3, -0.25) is 9.59 Å². The Morgan fingerprint density at radius 2 is 1.48 bits per heavy atom. The van der Waals surface area contributed by atoms with Crippen LogP contribution in [0, 0.1) is 0 Å². The van der Waals surface area contributed by atoms with Crippen LogP contribution in [0.5, 0.6) is 23.0 Å². The molecule has 0 bridgehead atoms. The summed E-state index contributed by atoms with van der Waals surface area (Å²) in [6.45, 7) is 8.59. The van der Waals surface area contributed by atoms with Gasteiger partial charge in [-0.15, -0.1) is 5.10 Å². The molecule has 2 aliphatic rings. The molecule has 1 aromatic heterocycles. The predicted molar refractivity (Wildman–Crippen MR) is 167 cm³/mol. The number of carbonyl (C=O) groups is 2.